The first-order valence-electron chi connectivity index (χ1n) is 7.31. The predicted octanol–water partition coefficient (Wildman–Crippen LogP) is 1.40. The molecule has 6 heteroatoms. The Hall–Kier alpha value is -1.30. The minimum atomic E-state index is -0.882. The van der Waals surface area contributed by atoms with Crippen LogP contribution in [0.4, 0.5) is 4.79 Å². The summed E-state index contributed by atoms with van der Waals surface area (Å²) in [4.78, 5) is 27.2. The zero-order chi connectivity index (χ0) is 14.7. The van der Waals surface area contributed by atoms with Gasteiger partial charge in [-0.15, -0.1) is 0 Å². The van der Waals surface area contributed by atoms with Crippen LogP contribution in [0, 0.1) is 5.92 Å². The molecule has 2 fully saturated rings. The van der Waals surface area contributed by atoms with Crippen LogP contribution in [0.25, 0.3) is 0 Å². The number of ether oxygens (including phenoxy) is 1. The molecule has 1 saturated heterocycles. The fourth-order valence-corrected chi connectivity index (χ4v) is 3.48. The van der Waals surface area contributed by atoms with E-state index < -0.39 is 12.0 Å². The highest BCUT2D eigenvalue weighted by Gasteiger charge is 2.48. The number of carbonyl (C=O) groups is 2. The summed E-state index contributed by atoms with van der Waals surface area (Å²) in [5.41, 5.74) is 0. The fourth-order valence-electron chi connectivity index (χ4n) is 3.48. The quantitative estimate of drug-likeness (QED) is 0.847. The molecule has 0 aromatic rings. The van der Waals surface area contributed by atoms with Gasteiger partial charge in [0.2, 0.25) is 0 Å². The van der Waals surface area contributed by atoms with Crippen molar-refractivity contribution in [2.24, 2.45) is 5.92 Å². The van der Waals surface area contributed by atoms with Gasteiger partial charge in [0, 0.05) is 26.7 Å². The molecule has 1 aliphatic heterocycles. The molecule has 1 aliphatic carbocycles. The molecule has 0 radical (unpaired) electrons. The van der Waals surface area contributed by atoms with Gasteiger partial charge in [-0.2, -0.15) is 0 Å². The molecule has 114 valence electrons. The van der Waals surface area contributed by atoms with Crippen LogP contribution in [0.3, 0.4) is 0 Å². The number of amides is 2. The summed E-state index contributed by atoms with van der Waals surface area (Å²) >= 11 is 0. The third-order valence-electron chi connectivity index (χ3n) is 4.55. The molecular formula is C14H24N2O4. The van der Waals surface area contributed by atoms with Crippen LogP contribution in [0.1, 0.15) is 32.1 Å². The summed E-state index contributed by atoms with van der Waals surface area (Å²) in [6.07, 6.45) is 4.80. The van der Waals surface area contributed by atoms with E-state index in [1.807, 2.05) is 0 Å². The smallest absolute Gasteiger partial charge is 0.326 e. The van der Waals surface area contributed by atoms with E-state index >= 15 is 0 Å². The van der Waals surface area contributed by atoms with E-state index in [2.05, 4.69) is 0 Å². The average molecular weight is 284 g/mol. The second-order valence-corrected chi connectivity index (χ2v) is 5.81. The maximum atomic E-state index is 12.6. The molecule has 3 atom stereocenters. The van der Waals surface area contributed by atoms with Crippen LogP contribution < -0.4 is 0 Å². The maximum Gasteiger partial charge on any atom is 0.326 e. The van der Waals surface area contributed by atoms with Crippen molar-refractivity contribution in [2.45, 2.75) is 44.2 Å². The number of carboxylic acids is 1. The summed E-state index contributed by atoms with van der Waals surface area (Å²) in [6, 6.07) is -0.744. The van der Waals surface area contributed by atoms with Crippen LogP contribution in [0.15, 0.2) is 0 Å². The highest BCUT2D eigenvalue weighted by atomic mass is 16.5. The number of aliphatic carboxylic acids is 1. The number of fused-ring (bicyclic) bond motifs is 1. The average Bonchev–Trinajstić information content (AvgIpc) is 2.83. The van der Waals surface area contributed by atoms with Gasteiger partial charge >= 0.3 is 12.0 Å². The van der Waals surface area contributed by atoms with Crippen molar-refractivity contribution < 1.29 is 19.4 Å². The molecule has 20 heavy (non-hydrogen) atoms. The molecule has 6 nitrogen and oxygen atoms in total. The Morgan fingerprint density at radius 2 is 2.05 bits per heavy atom. The molecule has 0 aromatic carbocycles. The molecule has 2 amide bonds. The Labute approximate surface area is 119 Å². The first-order chi connectivity index (χ1) is 9.56. The molecule has 1 saturated carbocycles. The molecule has 0 bridgehead atoms. The number of rotatable bonds is 4. The molecule has 0 spiro atoms. The monoisotopic (exact) mass is 284 g/mol. The van der Waals surface area contributed by atoms with Crippen molar-refractivity contribution in [3.05, 3.63) is 0 Å². The number of carbonyl (C=O) groups excluding carboxylic acids is 1. The summed E-state index contributed by atoms with van der Waals surface area (Å²) in [6.45, 7) is 0.942. The number of likely N-dealkylation sites (N-methyl/N-ethyl adjacent to an activating group) is 1. The summed E-state index contributed by atoms with van der Waals surface area (Å²) in [5, 5.41) is 9.40. The topological polar surface area (TPSA) is 70.1 Å². The van der Waals surface area contributed by atoms with Crippen molar-refractivity contribution in [2.75, 3.05) is 27.3 Å². The van der Waals surface area contributed by atoms with Gasteiger partial charge in [0.25, 0.3) is 0 Å². The molecule has 3 unspecified atom stereocenters. The molecular weight excluding hydrogens is 260 g/mol. The van der Waals surface area contributed by atoms with Gasteiger partial charge in [-0.25, -0.2) is 9.59 Å². The second-order valence-electron chi connectivity index (χ2n) is 5.81. The normalized spacial score (nSPS) is 29.1. The zero-order valence-electron chi connectivity index (χ0n) is 12.2. The van der Waals surface area contributed by atoms with Crippen LogP contribution in [-0.2, 0) is 9.53 Å². The first kappa shape index (κ1) is 15.1. The maximum absolute atomic E-state index is 12.6. The van der Waals surface area contributed by atoms with Crippen molar-refractivity contribution in [1.29, 1.82) is 0 Å². The lowest BCUT2D eigenvalue weighted by Gasteiger charge is -2.35. The van der Waals surface area contributed by atoms with E-state index in [-0.39, 0.29) is 12.1 Å². The number of urea groups is 1. The van der Waals surface area contributed by atoms with Crippen LogP contribution in [0.5, 0.6) is 0 Å². The number of carboxylic acid groups (broad SMARTS) is 1. The van der Waals surface area contributed by atoms with Crippen LogP contribution in [-0.4, -0.2) is 66.3 Å². The van der Waals surface area contributed by atoms with Crippen molar-refractivity contribution in [3.8, 4) is 0 Å². The van der Waals surface area contributed by atoms with Crippen molar-refractivity contribution in [1.82, 2.24) is 9.80 Å². The van der Waals surface area contributed by atoms with E-state index in [1.54, 1.807) is 24.0 Å². The molecule has 0 aromatic heterocycles. The zero-order valence-corrected chi connectivity index (χ0v) is 12.2. The van der Waals surface area contributed by atoms with Gasteiger partial charge in [-0.3, -0.25) is 0 Å². The van der Waals surface area contributed by atoms with E-state index in [4.69, 9.17) is 4.74 Å². The fraction of sp³-hybridized carbons (Fsp3) is 0.857. The highest BCUT2D eigenvalue weighted by molar-refractivity contribution is 5.83. The van der Waals surface area contributed by atoms with E-state index in [0.29, 0.717) is 25.5 Å². The van der Waals surface area contributed by atoms with Gasteiger partial charge in [0.1, 0.15) is 6.04 Å². The Morgan fingerprint density at radius 3 is 2.70 bits per heavy atom. The van der Waals surface area contributed by atoms with Crippen LogP contribution >= 0.6 is 0 Å². The third kappa shape index (κ3) is 2.90. The lowest BCUT2D eigenvalue weighted by molar-refractivity contribution is -0.141. The Bertz CT molecular complexity index is 374. The minimum Gasteiger partial charge on any atom is -0.480 e. The third-order valence-corrected chi connectivity index (χ3v) is 4.55. The first-order valence-corrected chi connectivity index (χ1v) is 7.31. The SMILES string of the molecule is COCCN(C)C(=O)N1C(C(=O)O)CC2CCCCC21. The molecule has 2 rings (SSSR count). The Balaban J connectivity index is 2.12. The van der Waals surface area contributed by atoms with E-state index in [0.717, 1.165) is 25.7 Å². The number of hydrogen-bond acceptors (Lipinski definition) is 3. The van der Waals surface area contributed by atoms with E-state index in [9.17, 15) is 14.7 Å². The van der Waals surface area contributed by atoms with E-state index in [1.165, 1.54) is 0 Å². The summed E-state index contributed by atoms with van der Waals surface area (Å²) in [5.74, 6) is -0.530. The van der Waals surface area contributed by atoms with Crippen molar-refractivity contribution in [3.63, 3.8) is 0 Å². The number of likely N-dealkylation sites (tertiary alicyclic amines) is 1. The number of hydrogen-bond donors (Lipinski definition) is 1. The van der Waals surface area contributed by atoms with Gasteiger partial charge in [-0.1, -0.05) is 12.8 Å². The molecule has 1 heterocycles. The lowest BCUT2D eigenvalue weighted by Crippen LogP contribution is -2.51. The summed E-state index contributed by atoms with van der Waals surface area (Å²) in [7, 11) is 3.29. The second kappa shape index (κ2) is 6.43. The van der Waals surface area contributed by atoms with Gasteiger partial charge in [0.15, 0.2) is 0 Å². The van der Waals surface area contributed by atoms with Crippen LogP contribution in [0.2, 0.25) is 0 Å². The largest absolute Gasteiger partial charge is 0.480 e. The Morgan fingerprint density at radius 1 is 1.35 bits per heavy atom. The van der Waals surface area contributed by atoms with Gasteiger partial charge in [0.05, 0.1) is 6.61 Å². The number of methoxy groups -OCH3 is 1. The van der Waals surface area contributed by atoms with Gasteiger partial charge in [-0.05, 0) is 25.2 Å². The number of nitrogens with zero attached hydrogens (tertiary/aromatic N) is 2. The standard InChI is InChI=1S/C14H24N2O4/c1-15(7-8-20-2)14(19)16-11-6-4-3-5-10(11)9-12(16)13(17)18/h10-12H,3-9H2,1-2H3,(H,17,18). The minimum absolute atomic E-state index is 0.0994. The lowest BCUT2D eigenvalue weighted by atomic mass is 9.85. The predicted molar refractivity (Wildman–Crippen MR) is 73.5 cm³/mol. The Kier molecular flexibility index (Phi) is 4.86. The summed E-state index contributed by atoms with van der Waals surface area (Å²) < 4.78 is 4.98. The van der Waals surface area contributed by atoms with Crippen molar-refractivity contribution >= 4 is 12.0 Å². The molecule has 1 N–H and O–H groups in total. The molecule has 2 aliphatic rings. The highest BCUT2D eigenvalue weighted by Crippen LogP contribution is 2.40. The van der Waals surface area contributed by atoms with Gasteiger partial charge < -0.3 is 19.6 Å².